The Labute approximate surface area is 86.1 Å². The van der Waals surface area contributed by atoms with Crippen LogP contribution in [0.4, 0.5) is 0 Å². The highest BCUT2D eigenvalue weighted by molar-refractivity contribution is 5.94. The number of carboxylic acids is 1. The molecule has 1 amide bonds. The Morgan fingerprint density at radius 1 is 1.53 bits per heavy atom. The molecule has 5 nitrogen and oxygen atoms in total. The molecular formula is C10H8N2O3. The number of nitrogens with one attached hydrogen (secondary N) is 1. The van der Waals surface area contributed by atoms with Gasteiger partial charge in [-0.2, -0.15) is 0 Å². The minimum Gasteiger partial charge on any atom is -0.480 e. The lowest BCUT2D eigenvalue weighted by molar-refractivity contribution is -0.135. The topological polar surface area (TPSA) is 79.3 Å². The van der Waals surface area contributed by atoms with Gasteiger partial charge < -0.3 is 10.4 Å². The van der Waals surface area contributed by atoms with Crippen molar-refractivity contribution < 1.29 is 14.7 Å². The Hall–Kier alpha value is -2.35. The zero-order valence-corrected chi connectivity index (χ0v) is 7.73. The van der Waals surface area contributed by atoms with Gasteiger partial charge in [0.05, 0.1) is 0 Å². The molecule has 0 fully saturated rings. The third-order valence-corrected chi connectivity index (χ3v) is 1.53. The molecule has 0 spiro atoms. The van der Waals surface area contributed by atoms with E-state index in [0.29, 0.717) is 5.69 Å². The number of hydrogen-bond donors (Lipinski definition) is 2. The van der Waals surface area contributed by atoms with E-state index in [2.05, 4.69) is 16.2 Å². The molecule has 0 aliphatic heterocycles. The smallest absolute Gasteiger partial charge is 0.322 e. The molecule has 0 unspecified atom stereocenters. The van der Waals surface area contributed by atoms with Crippen LogP contribution in [-0.2, 0) is 4.79 Å². The average Bonchev–Trinajstić information content (AvgIpc) is 2.26. The van der Waals surface area contributed by atoms with Gasteiger partial charge >= 0.3 is 5.97 Å². The first-order valence-electron chi connectivity index (χ1n) is 4.07. The molecule has 0 saturated carbocycles. The summed E-state index contributed by atoms with van der Waals surface area (Å²) >= 11 is 0. The van der Waals surface area contributed by atoms with E-state index in [9.17, 15) is 9.59 Å². The maximum Gasteiger partial charge on any atom is 0.322 e. The van der Waals surface area contributed by atoms with Gasteiger partial charge in [0.15, 0.2) is 0 Å². The third kappa shape index (κ3) is 3.12. The zero-order chi connectivity index (χ0) is 11.3. The summed E-state index contributed by atoms with van der Waals surface area (Å²) in [5, 5.41) is 10.5. The van der Waals surface area contributed by atoms with E-state index < -0.39 is 18.4 Å². The predicted molar refractivity (Wildman–Crippen MR) is 52.1 cm³/mol. The molecule has 1 aromatic rings. The number of amides is 1. The van der Waals surface area contributed by atoms with Crippen molar-refractivity contribution in [2.45, 2.75) is 0 Å². The molecule has 1 aromatic heterocycles. The second-order valence-electron chi connectivity index (χ2n) is 2.63. The number of rotatable bonds is 3. The molecule has 5 heteroatoms. The fraction of sp³-hybridized carbons (Fsp3) is 0.100. The number of aliphatic carboxylic acids is 1. The Morgan fingerprint density at radius 3 is 2.87 bits per heavy atom. The lowest BCUT2D eigenvalue weighted by atomic mass is 10.3. The minimum atomic E-state index is -1.11. The lowest BCUT2D eigenvalue weighted by Crippen LogP contribution is -2.29. The number of aromatic nitrogens is 1. The van der Waals surface area contributed by atoms with Gasteiger partial charge in [0.1, 0.15) is 17.9 Å². The summed E-state index contributed by atoms with van der Waals surface area (Å²) in [6.07, 6.45) is 5.10. The maximum absolute atomic E-state index is 11.3. The van der Waals surface area contributed by atoms with Gasteiger partial charge in [0.25, 0.3) is 5.91 Å². The molecular weight excluding hydrogens is 196 g/mol. The van der Waals surface area contributed by atoms with Crippen LogP contribution in [0, 0.1) is 12.3 Å². The van der Waals surface area contributed by atoms with Crippen LogP contribution >= 0.6 is 0 Å². The van der Waals surface area contributed by atoms with Gasteiger partial charge in [-0.15, -0.1) is 6.42 Å². The third-order valence-electron chi connectivity index (χ3n) is 1.53. The van der Waals surface area contributed by atoms with Crippen LogP contribution in [0.1, 0.15) is 16.2 Å². The summed E-state index contributed by atoms with van der Waals surface area (Å²) in [6.45, 7) is -0.444. The summed E-state index contributed by atoms with van der Waals surface area (Å²) in [7, 11) is 0. The van der Waals surface area contributed by atoms with Crippen LogP contribution in [0.2, 0.25) is 0 Å². The fourth-order valence-corrected chi connectivity index (χ4v) is 0.888. The van der Waals surface area contributed by atoms with Gasteiger partial charge in [-0.05, 0) is 12.1 Å². The van der Waals surface area contributed by atoms with Crippen molar-refractivity contribution in [1.82, 2.24) is 10.3 Å². The quantitative estimate of drug-likeness (QED) is 0.672. The highest BCUT2D eigenvalue weighted by Crippen LogP contribution is 1.97. The molecule has 2 N–H and O–H groups in total. The molecule has 0 aliphatic rings. The molecule has 76 valence electrons. The number of carbonyl (C=O) groups excluding carboxylic acids is 1. The monoisotopic (exact) mass is 204 g/mol. The van der Waals surface area contributed by atoms with Crippen LogP contribution in [-0.4, -0.2) is 28.5 Å². The molecule has 0 radical (unpaired) electrons. The lowest BCUT2D eigenvalue weighted by Gasteiger charge is -2.01. The van der Waals surface area contributed by atoms with Gasteiger partial charge in [-0.1, -0.05) is 12.0 Å². The van der Waals surface area contributed by atoms with Crippen molar-refractivity contribution in [2.24, 2.45) is 0 Å². The molecule has 0 saturated heterocycles. The highest BCUT2D eigenvalue weighted by Gasteiger charge is 2.08. The summed E-state index contributed by atoms with van der Waals surface area (Å²) in [5.74, 6) is 0.605. The van der Waals surface area contributed by atoms with Crippen LogP contribution in [0.5, 0.6) is 0 Å². The highest BCUT2D eigenvalue weighted by atomic mass is 16.4. The van der Waals surface area contributed by atoms with Gasteiger partial charge in [0.2, 0.25) is 0 Å². The number of pyridine rings is 1. The van der Waals surface area contributed by atoms with Crippen molar-refractivity contribution in [1.29, 1.82) is 0 Å². The number of carbonyl (C=O) groups is 2. The van der Waals surface area contributed by atoms with Crippen molar-refractivity contribution in [3.8, 4) is 12.3 Å². The van der Waals surface area contributed by atoms with Crippen molar-refractivity contribution in [2.75, 3.05) is 6.54 Å². The number of carboxylic acid groups (broad SMARTS) is 1. The summed E-state index contributed by atoms with van der Waals surface area (Å²) in [6, 6.07) is 4.61. The van der Waals surface area contributed by atoms with E-state index in [1.54, 1.807) is 12.1 Å². The molecule has 0 aliphatic carbocycles. The van der Waals surface area contributed by atoms with E-state index in [1.807, 2.05) is 0 Å². The van der Waals surface area contributed by atoms with Crippen molar-refractivity contribution in [3.63, 3.8) is 0 Å². The van der Waals surface area contributed by atoms with E-state index >= 15 is 0 Å². The van der Waals surface area contributed by atoms with Gasteiger partial charge in [0, 0.05) is 0 Å². The Morgan fingerprint density at radius 2 is 2.27 bits per heavy atom. The summed E-state index contributed by atoms with van der Waals surface area (Å²) < 4.78 is 0. The van der Waals surface area contributed by atoms with Crippen LogP contribution < -0.4 is 5.32 Å². The van der Waals surface area contributed by atoms with E-state index in [-0.39, 0.29) is 5.69 Å². The molecule has 0 atom stereocenters. The Balaban J connectivity index is 2.74. The van der Waals surface area contributed by atoms with Crippen molar-refractivity contribution in [3.05, 3.63) is 29.6 Å². The zero-order valence-electron chi connectivity index (χ0n) is 7.73. The van der Waals surface area contributed by atoms with Gasteiger partial charge in [-0.25, -0.2) is 4.98 Å². The first-order valence-corrected chi connectivity index (χ1v) is 4.07. The summed E-state index contributed by atoms with van der Waals surface area (Å²) in [5.41, 5.74) is 0.435. The van der Waals surface area contributed by atoms with Crippen LogP contribution in [0.25, 0.3) is 0 Å². The normalized spacial score (nSPS) is 9.00. The number of nitrogens with zero attached hydrogens (tertiary/aromatic N) is 1. The Bertz CT molecular complexity index is 435. The second kappa shape index (κ2) is 4.77. The summed E-state index contributed by atoms with van der Waals surface area (Å²) in [4.78, 5) is 25.3. The molecule has 1 rings (SSSR count). The molecule has 1 heterocycles. The average molecular weight is 204 g/mol. The standard InChI is InChI=1S/C10H8N2O3/c1-2-7-4-3-5-8(12-7)10(15)11-6-9(13)14/h1,3-5H,6H2,(H,11,15)(H,13,14). The van der Waals surface area contributed by atoms with Crippen LogP contribution in [0.15, 0.2) is 18.2 Å². The minimum absolute atomic E-state index is 0.103. The molecule has 0 aromatic carbocycles. The number of terminal acetylenes is 1. The Kier molecular flexibility index (Phi) is 3.41. The first-order chi connectivity index (χ1) is 7.13. The molecule has 15 heavy (non-hydrogen) atoms. The first kappa shape index (κ1) is 10.7. The van der Waals surface area contributed by atoms with Crippen LogP contribution in [0.3, 0.4) is 0 Å². The van der Waals surface area contributed by atoms with E-state index in [4.69, 9.17) is 11.5 Å². The fourth-order valence-electron chi connectivity index (χ4n) is 0.888. The van der Waals surface area contributed by atoms with E-state index in [0.717, 1.165) is 0 Å². The van der Waals surface area contributed by atoms with Crippen molar-refractivity contribution >= 4 is 11.9 Å². The largest absolute Gasteiger partial charge is 0.480 e. The second-order valence-corrected chi connectivity index (χ2v) is 2.63. The number of hydrogen-bond acceptors (Lipinski definition) is 3. The SMILES string of the molecule is C#Cc1cccc(C(=O)NCC(=O)O)n1. The maximum atomic E-state index is 11.3. The predicted octanol–water partition coefficient (Wildman–Crippen LogP) is -0.123. The van der Waals surface area contributed by atoms with E-state index in [1.165, 1.54) is 6.07 Å². The molecule has 0 bridgehead atoms. The van der Waals surface area contributed by atoms with Gasteiger partial charge in [-0.3, -0.25) is 9.59 Å².